The lowest BCUT2D eigenvalue weighted by molar-refractivity contribution is 0.387. The van der Waals surface area contributed by atoms with Crippen LogP contribution in [-0.2, 0) is 11.1 Å². The molecule has 0 spiro atoms. The van der Waals surface area contributed by atoms with Crippen LogP contribution in [-0.4, -0.2) is 19.3 Å². The Bertz CT molecular complexity index is 1090. The summed E-state index contributed by atoms with van der Waals surface area (Å²) in [5.41, 5.74) is 8.61. The number of hydrogen-bond donors (Lipinski definition) is 3. The number of hydrogen-bond acceptors (Lipinski definition) is 5. The van der Waals surface area contributed by atoms with E-state index in [1.807, 2.05) is 6.07 Å². The molecule has 128 valence electrons. The second-order valence-corrected chi connectivity index (χ2v) is 7.12. The van der Waals surface area contributed by atoms with Gasteiger partial charge in [0.25, 0.3) is 0 Å². The van der Waals surface area contributed by atoms with Gasteiger partial charge in [-0.2, -0.15) is 0 Å². The van der Waals surface area contributed by atoms with E-state index in [1.54, 1.807) is 35.3 Å². The summed E-state index contributed by atoms with van der Waals surface area (Å²) < 4.78 is 24.0. The number of anilines is 1. The maximum Gasteiger partial charge on any atom is 0.360 e. The molecule has 0 bridgehead atoms. The highest BCUT2D eigenvalue weighted by Crippen LogP contribution is 2.39. The predicted molar refractivity (Wildman–Crippen MR) is 91.3 cm³/mol. The lowest BCUT2D eigenvalue weighted by Crippen LogP contribution is -2.08. The van der Waals surface area contributed by atoms with E-state index < -0.39 is 7.60 Å². The highest BCUT2D eigenvalue weighted by molar-refractivity contribution is 7.60. The molecule has 0 aliphatic carbocycles. The van der Waals surface area contributed by atoms with Crippen molar-refractivity contribution in [1.82, 2.24) is 9.55 Å². The first kappa shape index (κ1) is 15.7. The van der Waals surface area contributed by atoms with Crippen LogP contribution in [0.5, 0.6) is 0 Å². The number of para-hydroxylation sites is 1. The van der Waals surface area contributed by atoms with E-state index in [-0.39, 0.29) is 16.9 Å². The predicted octanol–water partition coefficient (Wildman–Crippen LogP) is 2.32. The van der Waals surface area contributed by atoms with Crippen LogP contribution in [0.3, 0.4) is 0 Å². The lowest BCUT2D eigenvalue weighted by Gasteiger charge is -2.08. The largest absolute Gasteiger partial charge is 0.472 e. The van der Waals surface area contributed by atoms with E-state index in [4.69, 9.17) is 14.6 Å². The molecule has 4 N–H and O–H groups in total. The van der Waals surface area contributed by atoms with E-state index in [9.17, 15) is 14.4 Å². The molecule has 0 amide bonds. The normalized spacial score (nSPS) is 12.1. The maximum atomic E-state index is 11.8. The summed E-state index contributed by atoms with van der Waals surface area (Å²) in [5, 5.41) is -0.213. The fourth-order valence-corrected chi connectivity index (χ4v) is 3.44. The minimum absolute atomic E-state index is 0.0208. The van der Waals surface area contributed by atoms with Crippen molar-refractivity contribution >= 4 is 29.6 Å². The van der Waals surface area contributed by atoms with Gasteiger partial charge in [0.2, 0.25) is 0 Å². The third-order valence-electron chi connectivity index (χ3n) is 3.89. The second-order valence-electron chi connectivity index (χ2n) is 5.55. The molecule has 1 aromatic carbocycles. The summed E-state index contributed by atoms with van der Waals surface area (Å²) in [6.45, 7) is 0.382. The van der Waals surface area contributed by atoms with Gasteiger partial charge in [0, 0.05) is 5.56 Å². The third-order valence-corrected chi connectivity index (χ3v) is 4.87. The van der Waals surface area contributed by atoms with Crippen LogP contribution in [0.25, 0.3) is 22.6 Å². The number of furan rings is 2. The van der Waals surface area contributed by atoms with E-state index in [1.165, 1.54) is 12.3 Å². The van der Waals surface area contributed by atoms with Crippen molar-refractivity contribution in [2.45, 2.75) is 6.54 Å². The number of nitrogens with two attached hydrogens (primary N) is 1. The molecule has 0 radical (unpaired) electrons. The van der Waals surface area contributed by atoms with Crippen molar-refractivity contribution in [3.63, 3.8) is 0 Å². The van der Waals surface area contributed by atoms with Crippen molar-refractivity contribution in [2.24, 2.45) is 0 Å². The summed E-state index contributed by atoms with van der Waals surface area (Å²) in [5.74, 6) is 0.310. The Balaban J connectivity index is 1.99. The van der Waals surface area contributed by atoms with Crippen LogP contribution in [0.1, 0.15) is 5.56 Å². The van der Waals surface area contributed by atoms with Crippen LogP contribution in [0, 0.1) is 0 Å². The van der Waals surface area contributed by atoms with Crippen molar-refractivity contribution in [3.05, 3.63) is 54.7 Å². The average Bonchev–Trinajstić information content (AvgIpc) is 3.27. The van der Waals surface area contributed by atoms with Gasteiger partial charge in [-0.1, -0.05) is 6.07 Å². The molecule has 4 rings (SSSR count). The van der Waals surface area contributed by atoms with Gasteiger partial charge >= 0.3 is 7.60 Å². The molecule has 3 heterocycles. The molecule has 0 unspecified atom stereocenters. The zero-order chi connectivity index (χ0) is 17.6. The Morgan fingerprint density at radius 2 is 2.04 bits per heavy atom. The highest BCUT2D eigenvalue weighted by Gasteiger charge is 2.29. The van der Waals surface area contributed by atoms with Crippen LogP contribution < -0.4 is 11.0 Å². The molecule has 0 saturated heterocycles. The Kier molecular flexibility index (Phi) is 3.54. The molecule has 4 aromatic rings. The Hall–Kier alpha value is -2.80. The number of benzene rings is 1. The first-order valence-corrected chi connectivity index (χ1v) is 8.96. The van der Waals surface area contributed by atoms with E-state index >= 15 is 0 Å². The van der Waals surface area contributed by atoms with Crippen molar-refractivity contribution in [3.8, 4) is 11.6 Å². The van der Waals surface area contributed by atoms with Gasteiger partial charge in [0.05, 0.1) is 36.5 Å². The molecular formula is C16H14N3O5P. The number of rotatable bonds is 4. The monoisotopic (exact) mass is 359 g/mol. The lowest BCUT2D eigenvalue weighted by atomic mass is 10.2. The van der Waals surface area contributed by atoms with Gasteiger partial charge in [-0.25, -0.2) is 4.98 Å². The first-order chi connectivity index (χ1) is 11.9. The number of imidazole rings is 1. The van der Waals surface area contributed by atoms with Crippen LogP contribution in [0.15, 0.2) is 58.0 Å². The molecule has 0 saturated carbocycles. The van der Waals surface area contributed by atoms with Gasteiger partial charge in [0.1, 0.15) is 10.8 Å². The van der Waals surface area contributed by atoms with Gasteiger partial charge < -0.3 is 28.9 Å². The van der Waals surface area contributed by atoms with E-state index in [0.717, 1.165) is 11.1 Å². The second kappa shape index (κ2) is 5.63. The summed E-state index contributed by atoms with van der Waals surface area (Å²) in [6.07, 6.45) is 4.37. The standard InChI is InChI=1S/C16H14N3O5P/c17-11-2-1-3-12-14(11)18-16(19(12)8-10-4-6-23-9-10)15-13(5-7-24-15)25(20,21)22/h1-7,9H,8,17H2,(H2,20,21,22). The van der Waals surface area contributed by atoms with Crippen molar-refractivity contribution in [1.29, 1.82) is 0 Å². The van der Waals surface area contributed by atoms with Gasteiger partial charge in [-0.15, -0.1) is 0 Å². The van der Waals surface area contributed by atoms with Crippen LogP contribution >= 0.6 is 7.60 Å². The van der Waals surface area contributed by atoms with Crippen LogP contribution in [0.4, 0.5) is 5.69 Å². The summed E-state index contributed by atoms with van der Waals surface area (Å²) in [4.78, 5) is 23.6. The maximum absolute atomic E-state index is 11.8. The molecule has 25 heavy (non-hydrogen) atoms. The minimum Gasteiger partial charge on any atom is -0.472 e. The molecule has 0 aliphatic rings. The average molecular weight is 359 g/mol. The number of nitrogen functional groups attached to an aromatic ring is 1. The number of aromatic nitrogens is 2. The topological polar surface area (TPSA) is 128 Å². The Labute approximate surface area is 141 Å². The number of nitrogens with zero attached hydrogens (tertiary/aromatic N) is 2. The molecule has 0 aliphatic heterocycles. The zero-order valence-corrected chi connectivity index (χ0v) is 13.8. The van der Waals surface area contributed by atoms with E-state index in [0.29, 0.717) is 17.7 Å². The zero-order valence-electron chi connectivity index (χ0n) is 12.9. The molecular weight excluding hydrogens is 345 g/mol. The highest BCUT2D eigenvalue weighted by atomic mass is 31.2. The Morgan fingerprint density at radius 1 is 1.20 bits per heavy atom. The molecule has 0 atom stereocenters. The van der Waals surface area contributed by atoms with Gasteiger partial charge in [-0.3, -0.25) is 4.57 Å². The molecule has 9 heteroatoms. The summed E-state index contributed by atoms with van der Waals surface area (Å²) in [7, 11) is -4.52. The quantitative estimate of drug-likeness (QED) is 0.377. The summed E-state index contributed by atoms with van der Waals surface area (Å²) >= 11 is 0. The molecule has 3 aromatic heterocycles. The molecule has 8 nitrogen and oxygen atoms in total. The number of fused-ring (bicyclic) bond motifs is 1. The fraction of sp³-hybridized carbons (Fsp3) is 0.0625. The fourth-order valence-electron chi connectivity index (χ4n) is 2.77. The SMILES string of the molecule is Nc1cccc2c1nc(-c1occc1P(=O)(O)O)n2Cc1ccoc1. The van der Waals surface area contributed by atoms with Crippen LogP contribution in [0.2, 0.25) is 0 Å². The third kappa shape index (κ3) is 2.66. The van der Waals surface area contributed by atoms with Crippen molar-refractivity contribution < 1.29 is 23.2 Å². The van der Waals surface area contributed by atoms with E-state index in [2.05, 4.69) is 4.98 Å². The van der Waals surface area contributed by atoms with Gasteiger partial charge in [0.15, 0.2) is 11.6 Å². The Morgan fingerprint density at radius 3 is 2.76 bits per heavy atom. The van der Waals surface area contributed by atoms with Crippen molar-refractivity contribution in [2.75, 3.05) is 5.73 Å². The first-order valence-electron chi connectivity index (χ1n) is 7.35. The van der Waals surface area contributed by atoms with Gasteiger partial charge in [-0.05, 0) is 24.3 Å². The summed E-state index contributed by atoms with van der Waals surface area (Å²) in [6, 6.07) is 8.39. The molecule has 0 fully saturated rings. The minimum atomic E-state index is -4.52. The smallest absolute Gasteiger partial charge is 0.360 e.